The lowest BCUT2D eigenvalue weighted by Gasteiger charge is -2.37. The molecule has 0 aliphatic heterocycles. The zero-order chi connectivity index (χ0) is 13.9. The topological polar surface area (TPSA) is 23.6 Å². The molecule has 2 amide bonds. The predicted octanol–water partition coefficient (Wildman–Crippen LogP) is 3.59. The molecule has 1 aliphatic rings. The summed E-state index contributed by atoms with van der Waals surface area (Å²) < 4.78 is 0. The Bertz CT molecular complexity index is 273. The van der Waals surface area contributed by atoms with Gasteiger partial charge in [0.05, 0.1) is 0 Å². The third kappa shape index (κ3) is 4.51. The molecule has 3 nitrogen and oxygen atoms in total. The highest BCUT2D eigenvalue weighted by atomic mass is 16.2. The van der Waals surface area contributed by atoms with Crippen LogP contribution in [0.2, 0.25) is 0 Å². The lowest BCUT2D eigenvalue weighted by Crippen LogP contribution is -2.44. The Labute approximate surface area is 113 Å². The highest BCUT2D eigenvalue weighted by Crippen LogP contribution is 2.35. The van der Waals surface area contributed by atoms with Crippen molar-refractivity contribution >= 4 is 6.03 Å². The lowest BCUT2D eigenvalue weighted by atomic mass is 9.76. The fourth-order valence-corrected chi connectivity index (χ4v) is 3.07. The normalized spacial score (nSPS) is 24.8. The van der Waals surface area contributed by atoms with Crippen LogP contribution in [0.5, 0.6) is 0 Å². The second-order valence-electron chi connectivity index (χ2n) is 7.23. The lowest BCUT2D eigenvalue weighted by molar-refractivity contribution is 0.131. The summed E-state index contributed by atoms with van der Waals surface area (Å²) in [4.78, 5) is 15.5. The molecule has 0 aromatic carbocycles. The highest BCUT2D eigenvalue weighted by Gasteiger charge is 2.29. The molecule has 1 rings (SSSR count). The molecule has 0 aromatic rings. The minimum Gasteiger partial charge on any atom is -0.331 e. The van der Waals surface area contributed by atoms with Crippen molar-refractivity contribution in [2.24, 2.45) is 11.3 Å². The van der Waals surface area contributed by atoms with Crippen LogP contribution in [0, 0.1) is 11.3 Å². The van der Waals surface area contributed by atoms with Crippen LogP contribution in [-0.4, -0.2) is 43.0 Å². The molecule has 0 aromatic heterocycles. The minimum atomic E-state index is 0.134. The Morgan fingerprint density at radius 3 is 1.94 bits per heavy atom. The first-order valence-electron chi connectivity index (χ1n) is 7.15. The largest absolute Gasteiger partial charge is 0.331 e. The number of hydrogen-bond acceptors (Lipinski definition) is 1. The number of rotatable bonds is 2. The molecule has 0 N–H and O–H groups in total. The third-order valence-electron chi connectivity index (χ3n) is 3.95. The summed E-state index contributed by atoms with van der Waals surface area (Å²) >= 11 is 0. The molecule has 0 bridgehead atoms. The second-order valence-corrected chi connectivity index (χ2v) is 7.23. The maximum atomic E-state index is 11.9. The van der Waals surface area contributed by atoms with Crippen LogP contribution in [0.1, 0.15) is 52.9 Å². The van der Waals surface area contributed by atoms with Gasteiger partial charge in [0, 0.05) is 27.2 Å². The Morgan fingerprint density at radius 1 is 1.06 bits per heavy atom. The molecule has 18 heavy (non-hydrogen) atoms. The smallest absolute Gasteiger partial charge is 0.319 e. The quantitative estimate of drug-likeness (QED) is 0.738. The summed E-state index contributed by atoms with van der Waals surface area (Å²) in [7, 11) is 5.59. The molecule has 0 unspecified atom stereocenters. The van der Waals surface area contributed by atoms with Crippen LogP contribution >= 0.6 is 0 Å². The van der Waals surface area contributed by atoms with Crippen molar-refractivity contribution in [1.82, 2.24) is 9.80 Å². The van der Waals surface area contributed by atoms with Gasteiger partial charge in [-0.3, -0.25) is 0 Å². The standard InChI is InChI=1S/C15H30N2O/c1-15(2,3)11-12-7-9-13(10-8-12)17(6)14(18)16(4)5/h12-13H,7-11H2,1-6H3. The average molecular weight is 254 g/mol. The minimum absolute atomic E-state index is 0.134. The molecule has 0 heterocycles. The Balaban J connectivity index is 2.42. The molecule has 0 spiro atoms. The molecule has 0 saturated heterocycles. The Morgan fingerprint density at radius 2 is 1.56 bits per heavy atom. The van der Waals surface area contributed by atoms with Crippen LogP contribution in [0.3, 0.4) is 0 Å². The first-order valence-corrected chi connectivity index (χ1v) is 7.15. The van der Waals surface area contributed by atoms with Gasteiger partial charge in [-0.05, 0) is 43.4 Å². The van der Waals surface area contributed by atoms with Crippen LogP contribution < -0.4 is 0 Å². The molecule has 3 heteroatoms. The van der Waals surface area contributed by atoms with E-state index >= 15 is 0 Å². The van der Waals surface area contributed by atoms with E-state index in [9.17, 15) is 4.79 Å². The van der Waals surface area contributed by atoms with Crippen LogP contribution in [0.25, 0.3) is 0 Å². The summed E-state index contributed by atoms with van der Waals surface area (Å²) in [5.74, 6) is 0.851. The first-order chi connectivity index (χ1) is 8.20. The van der Waals surface area contributed by atoms with Gasteiger partial charge in [-0.25, -0.2) is 4.79 Å². The summed E-state index contributed by atoms with van der Waals surface area (Å²) in [6.45, 7) is 6.96. The van der Waals surface area contributed by atoms with Gasteiger partial charge in [-0.15, -0.1) is 0 Å². The van der Waals surface area contributed by atoms with E-state index in [0.29, 0.717) is 11.5 Å². The van der Waals surface area contributed by atoms with E-state index in [2.05, 4.69) is 20.8 Å². The number of urea groups is 1. The van der Waals surface area contributed by atoms with E-state index in [1.807, 2.05) is 26.0 Å². The first kappa shape index (κ1) is 15.3. The van der Waals surface area contributed by atoms with Crippen molar-refractivity contribution in [3.8, 4) is 0 Å². The predicted molar refractivity (Wildman–Crippen MR) is 76.7 cm³/mol. The van der Waals surface area contributed by atoms with Gasteiger partial charge >= 0.3 is 6.03 Å². The van der Waals surface area contributed by atoms with Gasteiger partial charge in [-0.2, -0.15) is 0 Å². The monoisotopic (exact) mass is 254 g/mol. The van der Waals surface area contributed by atoms with Crippen molar-refractivity contribution in [3.63, 3.8) is 0 Å². The Hall–Kier alpha value is -0.730. The van der Waals surface area contributed by atoms with Gasteiger partial charge in [0.2, 0.25) is 0 Å². The summed E-state index contributed by atoms with van der Waals surface area (Å²) in [6, 6.07) is 0.574. The summed E-state index contributed by atoms with van der Waals surface area (Å²) in [5.41, 5.74) is 0.433. The van der Waals surface area contributed by atoms with Crippen LogP contribution in [-0.2, 0) is 0 Å². The summed E-state index contributed by atoms with van der Waals surface area (Å²) in [6.07, 6.45) is 6.18. The van der Waals surface area contributed by atoms with Crippen molar-refractivity contribution in [1.29, 1.82) is 0 Å². The van der Waals surface area contributed by atoms with Crippen LogP contribution in [0.4, 0.5) is 4.79 Å². The van der Waals surface area contributed by atoms with E-state index in [1.165, 1.54) is 19.3 Å². The SMILES string of the molecule is CN(C)C(=O)N(C)C1CCC(CC(C)(C)C)CC1. The second kappa shape index (κ2) is 5.94. The molecular formula is C15H30N2O. The zero-order valence-electron chi connectivity index (χ0n) is 13.0. The average Bonchev–Trinajstić information content (AvgIpc) is 2.26. The highest BCUT2D eigenvalue weighted by molar-refractivity contribution is 5.73. The number of carbonyl (C=O) groups is 1. The zero-order valence-corrected chi connectivity index (χ0v) is 13.0. The van der Waals surface area contributed by atoms with Gasteiger partial charge in [-0.1, -0.05) is 20.8 Å². The van der Waals surface area contributed by atoms with Gasteiger partial charge < -0.3 is 9.80 Å². The van der Waals surface area contributed by atoms with Gasteiger partial charge in [0.1, 0.15) is 0 Å². The molecule has 0 radical (unpaired) electrons. The molecule has 0 atom stereocenters. The number of carbonyl (C=O) groups excluding carboxylic acids is 1. The Kier molecular flexibility index (Phi) is 5.06. The molecule has 106 valence electrons. The van der Waals surface area contributed by atoms with Crippen molar-refractivity contribution < 1.29 is 4.79 Å². The van der Waals surface area contributed by atoms with Crippen LogP contribution in [0.15, 0.2) is 0 Å². The van der Waals surface area contributed by atoms with Crippen molar-refractivity contribution in [2.45, 2.75) is 58.9 Å². The van der Waals surface area contributed by atoms with Crippen molar-refractivity contribution in [3.05, 3.63) is 0 Å². The fraction of sp³-hybridized carbons (Fsp3) is 0.933. The van der Waals surface area contributed by atoms with Crippen molar-refractivity contribution in [2.75, 3.05) is 21.1 Å². The maximum Gasteiger partial charge on any atom is 0.319 e. The number of nitrogens with zero attached hydrogens (tertiary/aromatic N) is 2. The number of amides is 2. The van der Waals surface area contributed by atoms with Gasteiger partial charge in [0.15, 0.2) is 0 Å². The molecule has 1 saturated carbocycles. The van der Waals surface area contributed by atoms with E-state index in [0.717, 1.165) is 18.8 Å². The molecule has 1 aliphatic carbocycles. The van der Waals surface area contributed by atoms with Gasteiger partial charge in [0.25, 0.3) is 0 Å². The van der Waals surface area contributed by atoms with E-state index in [1.54, 1.807) is 4.90 Å². The molecular weight excluding hydrogens is 224 g/mol. The fourth-order valence-electron chi connectivity index (χ4n) is 3.07. The van der Waals surface area contributed by atoms with E-state index in [-0.39, 0.29) is 6.03 Å². The third-order valence-corrected chi connectivity index (χ3v) is 3.95. The summed E-state index contributed by atoms with van der Waals surface area (Å²) in [5, 5.41) is 0. The van der Waals surface area contributed by atoms with E-state index < -0.39 is 0 Å². The molecule has 1 fully saturated rings. The number of hydrogen-bond donors (Lipinski definition) is 0. The van der Waals surface area contributed by atoms with E-state index in [4.69, 9.17) is 0 Å². The maximum absolute atomic E-state index is 11.9.